The maximum Gasteiger partial charge on any atom is 0.407 e. The molecule has 0 heterocycles. The summed E-state index contributed by atoms with van der Waals surface area (Å²) in [5.74, 6) is -0.892. The topological polar surface area (TPSA) is 64.6 Å². The van der Waals surface area contributed by atoms with E-state index >= 15 is 0 Å². The molecule has 98 valence electrons. The van der Waals surface area contributed by atoms with E-state index in [-0.39, 0.29) is 5.97 Å². The summed E-state index contributed by atoms with van der Waals surface area (Å²) in [6.45, 7) is 1.69. The number of rotatable bonds is 4. The number of carbonyl (C=O) groups is 2. The Hall–Kier alpha value is -2.04. The van der Waals surface area contributed by atoms with Crippen LogP contribution in [-0.2, 0) is 14.3 Å². The van der Waals surface area contributed by atoms with Crippen molar-refractivity contribution in [1.29, 1.82) is 0 Å². The van der Waals surface area contributed by atoms with E-state index < -0.39 is 18.1 Å². The highest BCUT2D eigenvalue weighted by Crippen LogP contribution is 2.22. The third kappa shape index (κ3) is 3.48. The van der Waals surface area contributed by atoms with Gasteiger partial charge >= 0.3 is 12.1 Å². The molecule has 18 heavy (non-hydrogen) atoms. The predicted octanol–water partition coefficient (Wildman–Crippen LogP) is 1.89. The number of hydrogen-bond donors (Lipinski definition) is 1. The lowest BCUT2D eigenvalue weighted by Gasteiger charge is -2.23. The Morgan fingerprint density at radius 3 is 2.22 bits per heavy atom. The number of carbonyl (C=O) groups excluding carboxylic acids is 2. The summed E-state index contributed by atoms with van der Waals surface area (Å²) in [5, 5.41) is 2.64. The minimum Gasteiger partial charge on any atom is -0.469 e. The molecule has 0 saturated heterocycles. The molecule has 0 radical (unpaired) electrons. The predicted molar refractivity (Wildman–Crippen MR) is 65.9 cm³/mol. The third-order valence-corrected chi connectivity index (χ3v) is 2.69. The second-order valence-corrected chi connectivity index (χ2v) is 3.84. The van der Waals surface area contributed by atoms with Gasteiger partial charge in [-0.2, -0.15) is 0 Å². The first-order chi connectivity index (χ1) is 8.60. The molecule has 1 aromatic carbocycles. The van der Waals surface area contributed by atoms with Crippen LogP contribution in [0.25, 0.3) is 0 Å². The summed E-state index contributed by atoms with van der Waals surface area (Å²) in [4.78, 5) is 22.9. The van der Waals surface area contributed by atoms with Crippen LogP contribution in [0, 0.1) is 5.92 Å². The summed E-state index contributed by atoms with van der Waals surface area (Å²) >= 11 is 0. The third-order valence-electron chi connectivity index (χ3n) is 2.69. The van der Waals surface area contributed by atoms with Crippen LogP contribution in [0.4, 0.5) is 4.79 Å². The van der Waals surface area contributed by atoms with Crippen LogP contribution in [0.3, 0.4) is 0 Å². The van der Waals surface area contributed by atoms with E-state index in [9.17, 15) is 9.59 Å². The average Bonchev–Trinajstić information content (AvgIpc) is 2.43. The second kappa shape index (κ2) is 6.64. The van der Waals surface area contributed by atoms with Crippen molar-refractivity contribution in [3.8, 4) is 0 Å². The highest BCUT2D eigenvalue weighted by Gasteiger charge is 2.27. The number of ether oxygens (including phenoxy) is 2. The van der Waals surface area contributed by atoms with Crippen LogP contribution in [0.1, 0.15) is 18.5 Å². The summed E-state index contributed by atoms with van der Waals surface area (Å²) in [7, 11) is 2.60. The van der Waals surface area contributed by atoms with Gasteiger partial charge in [-0.3, -0.25) is 4.79 Å². The molecule has 0 fully saturated rings. The molecular weight excluding hydrogens is 234 g/mol. The minimum absolute atomic E-state index is 0.389. The van der Waals surface area contributed by atoms with Crippen LogP contribution in [-0.4, -0.2) is 26.3 Å². The van der Waals surface area contributed by atoms with Crippen molar-refractivity contribution < 1.29 is 19.1 Å². The molecular formula is C13H17NO4. The van der Waals surface area contributed by atoms with E-state index in [0.717, 1.165) is 5.56 Å². The van der Waals surface area contributed by atoms with Gasteiger partial charge in [0, 0.05) is 0 Å². The second-order valence-electron chi connectivity index (χ2n) is 3.84. The molecule has 1 aromatic rings. The molecule has 0 saturated carbocycles. The Balaban J connectivity index is 2.95. The average molecular weight is 251 g/mol. The maximum absolute atomic E-state index is 11.6. The van der Waals surface area contributed by atoms with Gasteiger partial charge in [0.1, 0.15) is 0 Å². The molecule has 0 bridgehead atoms. The van der Waals surface area contributed by atoms with Crippen molar-refractivity contribution in [2.45, 2.75) is 13.0 Å². The fraction of sp³-hybridized carbons (Fsp3) is 0.385. The zero-order valence-electron chi connectivity index (χ0n) is 10.7. The Bertz CT molecular complexity index is 405. The lowest BCUT2D eigenvalue weighted by molar-refractivity contribution is -0.145. The molecule has 2 atom stereocenters. The van der Waals surface area contributed by atoms with E-state index in [4.69, 9.17) is 4.74 Å². The lowest BCUT2D eigenvalue weighted by Crippen LogP contribution is -2.35. The van der Waals surface area contributed by atoms with Crippen LogP contribution < -0.4 is 5.32 Å². The molecule has 1 rings (SSSR count). The largest absolute Gasteiger partial charge is 0.469 e. The molecule has 0 aliphatic carbocycles. The molecule has 0 aliphatic heterocycles. The molecule has 0 aromatic heterocycles. The molecule has 2 unspecified atom stereocenters. The van der Waals surface area contributed by atoms with E-state index in [2.05, 4.69) is 10.1 Å². The first-order valence-corrected chi connectivity index (χ1v) is 5.57. The summed E-state index contributed by atoms with van der Waals surface area (Å²) in [6.07, 6.45) is -0.584. The van der Waals surface area contributed by atoms with Gasteiger partial charge in [0.05, 0.1) is 26.2 Å². The first kappa shape index (κ1) is 14.0. The van der Waals surface area contributed by atoms with Crippen molar-refractivity contribution >= 4 is 12.1 Å². The Kier molecular flexibility index (Phi) is 5.17. The summed E-state index contributed by atoms with van der Waals surface area (Å²) < 4.78 is 9.26. The molecule has 0 spiro atoms. The van der Waals surface area contributed by atoms with E-state index in [1.807, 2.05) is 30.3 Å². The van der Waals surface area contributed by atoms with E-state index in [1.165, 1.54) is 14.2 Å². The van der Waals surface area contributed by atoms with Gasteiger partial charge in [0.25, 0.3) is 0 Å². The van der Waals surface area contributed by atoms with Crippen molar-refractivity contribution in [2.75, 3.05) is 14.2 Å². The smallest absolute Gasteiger partial charge is 0.407 e. The van der Waals surface area contributed by atoms with Gasteiger partial charge in [-0.25, -0.2) is 4.79 Å². The fourth-order valence-corrected chi connectivity index (χ4v) is 1.67. The number of methoxy groups -OCH3 is 2. The normalized spacial score (nSPS) is 13.3. The first-order valence-electron chi connectivity index (χ1n) is 5.57. The Morgan fingerprint density at radius 2 is 1.72 bits per heavy atom. The van der Waals surface area contributed by atoms with Gasteiger partial charge in [0.15, 0.2) is 0 Å². The molecule has 5 heteroatoms. The van der Waals surface area contributed by atoms with Gasteiger partial charge < -0.3 is 14.8 Å². The number of amides is 1. The quantitative estimate of drug-likeness (QED) is 0.830. The number of alkyl carbamates (subject to hydrolysis) is 1. The SMILES string of the molecule is COC(=O)NC(c1ccccc1)C(C)C(=O)OC. The van der Waals surface area contributed by atoms with Gasteiger partial charge in [-0.1, -0.05) is 30.3 Å². The van der Waals surface area contributed by atoms with Gasteiger partial charge in [-0.15, -0.1) is 0 Å². The fourth-order valence-electron chi connectivity index (χ4n) is 1.67. The van der Waals surface area contributed by atoms with Gasteiger partial charge in [0.2, 0.25) is 0 Å². The molecule has 1 N–H and O–H groups in total. The Labute approximate surface area is 106 Å². The molecule has 0 aliphatic rings. The number of hydrogen-bond acceptors (Lipinski definition) is 4. The van der Waals surface area contributed by atoms with Crippen LogP contribution in [0.15, 0.2) is 30.3 Å². The van der Waals surface area contributed by atoms with Crippen LogP contribution >= 0.6 is 0 Å². The zero-order chi connectivity index (χ0) is 13.5. The van der Waals surface area contributed by atoms with E-state index in [0.29, 0.717) is 0 Å². The van der Waals surface area contributed by atoms with Crippen molar-refractivity contribution in [3.05, 3.63) is 35.9 Å². The molecule has 1 amide bonds. The van der Waals surface area contributed by atoms with Crippen molar-refractivity contribution in [1.82, 2.24) is 5.32 Å². The highest BCUT2D eigenvalue weighted by atomic mass is 16.5. The van der Waals surface area contributed by atoms with Crippen molar-refractivity contribution in [2.24, 2.45) is 5.92 Å². The van der Waals surface area contributed by atoms with Crippen molar-refractivity contribution in [3.63, 3.8) is 0 Å². The van der Waals surface area contributed by atoms with Crippen LogP contribution in [0.2, 0.25) is 0 Å². The number of benzene rings is 1. The Morgan fingerprint density at radius 1 is 1.11 bits per heavy atom. The monoisotopic (exact) mass is 251 g/mol. The number of esters is 1. The minimum atomic E-state index is -0.584. The van der Waals surface area contributed by atoms with Gasteiger partial charge in [-0.05, 0) is 12.5 Å². The van der Waals surface area contributed by atoms with E-state index in [1.54, 1.807) is 6.92 Å². The summed E-state index contributed by atoms with van der Waals surface area (Å²) in [6, 6.07) is 8.73. The maximum atomic E-state index is 11.6. The standard InChI is InChI=1S/C13H17NO4/c1-9(12(15)17-2)11(14-13(16)18-3)10-7-5-4-6-8-10/h4-9,11H,1-3H3,(H,14,16). The zero-order valence-corrected chi connectivity index (χ0v) is 10.7. The van der Waals surface area contributed by atoms with Crippen LogP contribution in [0.5, 0.6) is 0 Å². The molecule has 5 nitrogen and oxygen atoms in total. The number of nitrogens with one attached hydrogen (secondary N) is 1. The highest BCUT2D eigenvalue weighted by molar-refractivity contribution is 5.75. The lowest BCUT2D eigenvalue weighted by atomic mass is 9.95. The summed E-state index contributed by atoms with van der Waals surface area (Å²) in [5.41, 5.74) is 0.820.